The van der Waals surface area contributed by atoms with Crippen LogP contribution in [0.15, 0.2) is 58.6 Å². The summed E-state index contributed by atoms with van der Waals surface area (Å²) >= 11 is 1.52. The lowest BCUT2D eigenvalue weighted by atomic mass is 10.4. The standard InChI is InChI=1S/C13H18O2S.2C2H6/c1-4-12(7-6-10-14)16-13(5-2)9-8-11(3)15;2*1-2/h4-9,14-15H,2,10H2,1,3H3;2*1-2H3/b7-6-,11-8+,12-4+,13-9+;;. The Morgan fingerprint density at radius 1 is 1.10 bits per heavy atom. The van der Waals surface area contributed by atoms with Crippen LogP contribution >= 0.6 is 11.8 Å². The molecule has 20 heavy (non-hydrogen) atoms. The molecule has 0 spiro atoms. The maximum Gasteiger partial charge on any atom is 0.0892 e. The van der Waals surface area contributed by atoms with Gasteiger partial charge in [-0.05, 0) is 26.0 Å². The van der Waals surface area contributed by atoms with Crippen molar-refractivity contribution in [2.45, 2.75) is 41.5 Å². The average Bonchev–Trinajstić information content (AvgIpc) is 2.50. The van der Waals surface area contributed by atoms with Gasteiger partial charge in [0.15, 0.2) is 0 Å². The summed E-state index contributed by atoms with van der Waals surface area (Å²) in [5.74, 6) is 0.257. The number of thioether (sulfide) groups is 1. The number of hydrogen-bond acceptors (Lipinski definition) is 3. The molecule has 0 radical (unpaired) electrons. The van der Waals surface area contributed by atoms with E-state index in [1.54, 1.807) is 31.2 Å². The molecule has 2 N–H and O–H groups in total. The molecule has 0 saturated heterocycles. The van der Waals surface area contributed by atoms with Crippen LogP contribution in [-0.2, 0) is 0 Å². The van der Waals surface area contributed by atoms with Crippen molar-refractivity contribution in [1.82, 2.24) is 0 Å². The van der Waals surface area contributed by atoms with Gasteiger partial charge in [0.2, 0.25) is 0 Å². The fourth-order valence-electron chi connectivity index (χ4n) is 0.841. The molecule has 0 heterocycles. The van der Waals surface area contributed by atoms with Gasteiger partial charge in [-0.3, -0.25) is 0 Å². The van der Waals surface area contributed by atoms with Crippen molar-refractivity contribution >= 4 is 11.8 Å². The third-order valence-electron chi connectivity index (χ3n) is 1.60. The lowest BCUT2D eigenvalue weighted by Gasteiger charge is -2.01. The highest BCUT2D eigenvalue weighted by molar-refractivity contribution is 8.07. The van der Waals surface area contributed by atoms with Gasteiger partial charge in [0, 0.05) is 9.81 Å². The van der Waals surface area contributed by atoms with Crippen LogP contribution in [0.25, 0.3) is 0 Å². The molecule has 0 amide bonds. The van der Waals surface area contributed by atoms with Crippen LogP contribution in [0.4, 0.5) is 0 Å². The van der Waals surface area contributed by atoms with Crippen LogP contribution in [0.5, 0.6) is 0 Å². The molecule has 0 bridgehead atoms. The Kier molecular flexibility index (Phi) is 24.0. The third kappa shape index (κ3) is 16.8. The molecule has 0 aliphatic rings. The molecular formula is C17H30O2S. The quantitative estimate of drug-likeness (QED) is 0.484. The van der Waals surface area contributed by atoms with Crippen LogP contribution < -0.4 is 0 Å². The van der Waals surface area contributed by atoms with Crippen molar-refractivity contribution < 1.29 is 10.2 Å². The molecule has 0 aliphatic heterocycles. The van der Waals surface area contributed by atoms with E-state index in [4.69, 9.17) is 10.2 Å². The second-order valence-corrected chi connectivity index (χ2v) is 4.11. The number of hydrogen-bond donors (Lipinski definition) is 2. The van der Waals surface area contributed by atoms with Gasteiger partial charge in [0.25, 0.3) is 0 Å². The van der Waals surface area contributed by atoms with Crippen molar-refractivity contribution in [3.05, 3.63) is 58.6 Å². The Bertz CT molecular complexity index is 333. The van der Waals surface area contributed by atoms with E-state index in [-0.39, 0.29) is 12.4 Å². The van der Waals surface area contributed by atoms with Crippen LogP contribution in [0.3, 0.4) is 0 Å². The van der Waals surface area contributed by atoms with E-state index < -0.39 is 0 Å². The highest BCUT2D eigenvalue weighted by atomic mass is 32.2. The summed E-state index contributed by atoms with van der Waals surface area (Å²) in [6.07, 6.45) is 10.6. The molecule has 0 unspecified atom stereocenters. The summed E-state index contributed by atoms with van der Waals surface area (Å²) in [5, 5.41) is 17.7. The Morgan fingerprint density at radius 2 is 1.65 bits per heavy atom. The summed E-state index contributed by atoms with van der Waals surface area (Å²) in [7, 11) is 0. The second-order valence-electron chi connectivity index (χ2n) is 2.96. The lowest BCUT2D eigenvalue weighted by molar-refractivity contribution is 0.342. The van der Waals surface area contributed by atoms with Crippen LogP contribution in [0, 0.1) is 0 Å². The molecule has 0 saturated carbocycles. The first-order chi connectivity index (χ1) is 9.63. The van der Waals surface area contributed by atoms with Gasteiger partial charge in [0.1, 0.15) is 0 Å². The second kappa shape index (κ2) is 20.1. The molecule has 0 aliphatic carbocycles. The molecular weight excluding hydrogens is 268 g/mol. The normalized spacial score (nSPS) is 12.2. The average molecular weight is 298 g/mol. The minimum Gasteiger partial charge on any atom is -0.513 e. The maximum absolute atomic E-state index is 9.04. The minimum atomic E-state index is 0.0285. The van der Waals surface area contributed by atoms with E-state index in [1.807, 2.05) is 46.8 Å². The van der Waals surface area contributed by atoms with E-state index in [0.29, 0.717) is 0 Å². The molecule has 3 heteroatoms. The van der Waals surface area contributed by atoms with Crippen LogP contribution in [-0.4, -0.2) is 16.8 Å². The summed E-state index contributed by atoms with van der Waals surface area (Å²) < 4.78 is 0. The molecule has 0 rings (SSSR count). The molecule has 0 fully saturated rings. The summed E-state index contributed by atoms with van der Waals surface area (Å²) in [4.78, 5) is 1.95. The van der Waals surface area contributed by atoms with Gasteiger partial charge >= 0.3 is 0 Å². The first-order valence-corrected chi connectivity index (χ1v) is 7.77. The smallest absolute Gasteiger partial charge is 0.0892 e. The summed E-state index contributed by atoms with van der Waals surface area (Å²) in [6.45, 7) is 15.3. The zero-order valence-electron chi connectivity index (χ0n) is 13.7. The van der Waals surface area contributed by atoms with E-state index in [0.717, 1.165) is 9.81 Å². The van der Waals surface area contributed by atoms with Gasteiger partial charge in [0.05, 0.1) is 12.4 Å². The van der Waals surface area contributed by atoms with Crippen LogP contribution in [0.2, 0.25) is 0 Å². The van der Waals surface area contributed by atoms with Crippen molar-refractivity contribution in [1.29, 1.82) is 0 Å². The van der Waals surface area contributed by atoms with Crippen molar-refractivity contribution in [3.8, 4) is 0 Å². The molecule has 0 aromatic carbocycles. The topological polar surface area (TPSA) is 40.5 Å². The monoisotopic (exact) mass is 298 g/mol. The van der Waals surface area contributed by atoms with Crippen molar-refractivity contribution in [2.24, 2.45) is 0 Å². The SMILES string of the molecule is C=C/C(=C\C=C(/C)O)SC(/C=C\CO)=C/C.CC.CC. The lowest BCUT2D eigenvalue weighted by Crippen LogP contribution is -1.77. The Labute approximate surface area is 129 Å². The number of rotatable bonds is 6. The van der Waals surface area contributed by atoms with Gasteiger partial charge in [-0.15, -0.1) is 0 Å². The molecule has 0 atom stereocenters. The van der Waals surface area contributed by atoms with Gasteiger partial charge in [-0.25, -0.2) is 0 Å². The largest absolute Gasteiger partial charge is 0.513 e. The highest BCUT2D eigenvalue weighted by Crippen LogP contribution is 2.27. The first kappa shape index (κ1) is 23.9. The van der Waals surface area contributed by atoms with E-state index in [2.05, 4.69) is 6.58 Å². The zero-order valence-corrected chi connectivity index (χ0v) is 14.5. The van der Waals surface area contributed by atoms with Crippen LogP contribution in [0.1, 0.15) is 41.5 Å². The highest BCUT2D eigenvalue weighted by Gasteiger charge is 1.95. The third-order valence-corrected chi connectivity index (χ3v) is 2.74. The summed E-state index contributed by atoms with van der Waals surface area (Å²) in [6, 6.07) is 0. The predicted octanol–water partition coefficient (Wildman–Crippen LogP) is 5.76. The molecule has 2 nitrogen and oxygen atoms in total. The van der Waals surface area contributed by atoms with Crippen molar-refractivity contribution in [2.75, 3.05) is 6.61 Å². The number of aliphatic hydroxyl groups excluding tert-OH is 2. The van der Waals surface area contributed by atoms with Gasteiger partial charge in [-0.2, -0.15) is 0 Å². The minimum absolute atomic E-state index is 0.0285. The molecule has 0 aromatic heterocycles. The number of aliphatic hydroxyl groups is 2. The molecule has 0 aromatic rings. The van der Waals surface area contributed by atoms with Gasteiger partial charge in [-0.1, -0.05) is 70.3 Å². The fraction of sp³-hybridized carbons (Fsp3) is 0.412. The number of allylic oxidation sites excluding steroid dienone is 6. The van der Waals surface area contributed by atoms with E-state index in [1.165, 1.54) is 11.8 Å². The predicted molar refractivity (Wildman–Crippen MR) is 94.9 cm³/mol. The van der Waals surface area contributed by atoms with Crippen molar-refractivity contribution in [3.63, 3.8) is 0 Å². The molecule has 116 valence electrons. The fourth-order valence-corrected chi connectivity index (χ4v) is 1.61. The van der Waals surface area contributed by atoms with Gasteiger partial charge < -0.3 is 10.2 Å². The Morgan fingerprint density at radius 3 is 2.00 bits per heavy atom. The van der Waals surface area contributed by atoms with E-state index >= 15 is 0 Å². The van der Waals surface area contributed by atoms with E-state index in [9.17, 15) is 0 Å². The zero-order chi connectivity index (χ0) is 16.4. The summed E-state index contributed by atoms with van der Waals surface area (Å²) in [5.41, 5.74) is 0. The maximum atomic E-state index is 9.04. The Balaban J connectivity index is -0.000000656. The Hall–Kier alpha value is -1.19. The first-order valence-electron chi connectivity index (χ1n) is 6.95.